The quantitative estimate of drug-likeness (QED) is 0.679. The summed E-state index contributed by atoms with van der Waals surface area (Å²) in [6, 6.07) is 3.52. The molecule has 0 aliphatic carbocycles. The van der Waals surface area contributed by atoms with Gasteiger partial charge in [-0.2, -0.15) is 5.26 Å². The number of aromatic nitrogens is 1. The number of nitrogens with zero attached hydrogens (tertiary/aromatic N) is 1. The van der Waals surface area contributed by atoms with Gasteiger partial charge in [0.05, 0.1) is 18.2 Å². The number of ketones is 1. The summed E-state index contributed by atoms with van der Waals surface area (Å²) < 4.78 is -1.96. The second kappa shape index (κ2) is 5.40. The molecule has 1 rings (SSSR count). The number of rotatable bonds is 3. The number of carbonyl (C=O) groups is 1. The highest BCUT2D eigenvalue weighted by Gasteiger charge is 2.32. The van der Waals surface area contributed by atoms with E-state index in [0.717, 1.165) is 5.56 Å². The van der Waals surface area contributed by atoms with Crippen molar-refractivity contribution < 1.29 is 4.79 Å². The van der Waals surface area contributed by atoms with Crippen molar-refractivity contribution in [1.82, 2.24) is 4.98 Å². The van der Waals surface area contributed by atoms with E-state index in [0.29, 0.717) is 6.42 Å². The van der Waals surface area contributed by atoms with E-state index in [2.05, 4.69) is 4.98 Å². The van der Waals surface area contributed by atoms with Gasteiger partial charge in [-0.15, -0.1) is 0 Å². The number of H-pyrrole nitrogens is 1. The fraction of sp³-hybridized carbons (Fsp3) is 0.200. The average molecular weight is 278 g/mol. The first-order valence-corrected chi connectivity index (χ1v) is 5.42. The molecule has 1 heterocycles. The molecule has 1 aromatic heterocycles. The van der Waals surface area contributed by atoms with Crippen LogP contribution in [0.3, 0.4) is 0 Å². The molecule has 0 radical (unpaired) electrons. The Hall–Kier alpha value is -0.950. The number of Topliss-reactive ketones (excluding diaryl/α,β-unsaturated/α-hetero) is 1. The molecule has 0 aliphatic heterocycles. The van der Waals surface area contributed by atoms with E-state index in [1.807, 2.05) is 6.07 Å². The number of nitrogens with one attached hydrogen (secondary N) is 1. The van der Waals surface area contributed by atoms with Crippen LogP contribution in [0.15, 0.2) is 18.3 Å². The van der Waals surface area contributed by atoms with Crippen LogP contribution in [-0.2, 0) is 0 Å². The van der Waals surface area contributed by atoms with Crippen LogP contribution in [-0.4, -0.2) is 14.6 Å². The highest BCUT2D eigenvalue weighted by molar-refractivity contribution is 6.77. The Kier molecular flexibility index (Phi) is 4.43. The van der Waals surface area contributed by atoms with E-state index in [9.17, 15) is 4.79 Å². The van der Waals surface area contributed by atoms with Crippen LogP contribution in [0, 0.1) is 11.3 Å². The Morgan fingerprint density at radius 3 is 2.81 bits per heavy atom. The fourth-order valence-electron chi connectivity index (χ4n) is 1.04. The minimum absolute atomic E-state index is 0.219. The number of aromatic amines is 1. The van der Waals surface area contributed by atoms with E-state index in [1.165, 1.54) is 0 Å². The number of alkyl halides is 3. The third-order valence-electron chi connectivity index (χ3n) is 1.73. The van der Waals surface area contributed by atoms with Crippen LogP contribution in [0.1, 0.15) is 22.5 Å². The van der Waals surface area contributed by atoms with Crippen LogP contribution in [0.4, 0.5) is 0 Å². The van der Waals surface area contributed by atoms with Gasteiger partial charge in [-0.25, -0.2) is 0 Å². The molecule has 0 atom stereocenters. The Labute approximate surface area is 108 Å². The van der Waals surface area contributed by atoms with Gasteiger partial charge in [0.1, 0.15) is 0 Å². The number of halogens is 3. The molecule has 84 valence electrons. The van der Waals surface area contributed by atoms with Gasteiger partial charge in [-0.3, -0.25) is 4.79 Å². The van der Waals surface area contributed by atoms with E-state index in [4.69, 9.17) is 40.1 Å². The highest BCUT2D eigenvalue weighted by atomic mass is 35.6. The predicted molar refractivity (Wildman–Crippen MR) is 64.7 cm³/mol. The van der Waals surface area contributed by atoms with Gasteiger partial charge >= 0.3 is 0 Å². The molecule has 6 heteroatoms. The number of nitriles is 1. The zero-order valence-corrected chi connectivity index (χ0v) is 10.3. The lowest BCUT2D eigenvalue weighted by molar-refractivity contribution is 0.0992. The van der Waals surface area contributed by atoms with Crippen molar-refractivity contribution in [3.8, 4) is 6.07 Å². The smallest absolute Gasteiger partial charge is 0.254 e. The SMILES string of the molecule is N#CCC=Cc1c[nH]c(C(=O)C(Cl)(Cl)Cl)c1. The minimum atomic E-state index is -1.96. The van der Waals surface area contributed by atoms with E-state index < -0.39 is 9.58 Å². The van der Waals surface area contributed by atoms with Gasteiger partial charge in [0.2, 0.25) is 5.78 Å². The molecule has 1 aromatic rings. The summed E-state index contributed by atoms with van der Waals surface area (Å²) in [6.45, 7) is 0. The molecular weight excluding hydrogens is 270 g/mol. The maximum Gasteiger partial charge on any atom is 0.254 e. The van der Waals surface area contributed by atoms with E-state index in [1.54, 1.807) is 24.4 Å². The molecule has 0 spiro atoms. The molecule has 0 bridgehead atoms. The normalized spacial score (nSPS) is 11.6. The summed E-state index contributed by atoms with van der Waals surface area (Å²) in [6.07, 6.45) is 5.28. The summed E-state index contributed by atoms with van der Waals surface area (Å²) in [4.78, 5) is 14.2. The van der Waals surface area contributed by atoms with Crippen molar-refractivity contribution in [3.63, 3.8) is 0 Å². The lowest BCUT2D eigenvalue weighted by Crippen LogP contribution is -2.19. The maximum absolute atomic E-state index is 11.5. The zero-order valence-electron chi connectivity index (χ0n) is 8.01. The van der Waals surface area contributed by atoms with Crippen LogP contribution >= 0.6 is 34.8 Å². The van der Waals surface area contributed by atoms with Gasteiger partial charge in [-0.05, 0) is 11.6 Å². The van der Waals surface area contributed by atoms with Gasteiger partial charge < -0.3 is 4.98 Å². The monoisotopic (exact) mass is 276 g/mol. The number of allylic oxidation sites excluding steroid dienone is 1. The number of hydrogen-bond donors (Lipinski definition) is 1. The first kappa shape index (κ1) is 13.1. The molecule has 3 nitrogen and oxygen atoms in total. The van der Waals surface area contributed by atoms with Crippen molar-refractivity contribution in [2.75, 3.05) is 0 Å². The molecule has 0 unspecified atom stereocenters. The van der Waals surface area contributed by atoms with Gasteiger partial charge in [-0.1, -0.05) is 47.0 Å². The average Bonchev–Trinajstić information content (AvgIpc) is 2.64. The molecule has 0 fully saturated rings. The zero-order chi connectivity index (χ0) is 12.2. The highest BCUT2D eigenvalue weighted by Crippen LogP contribution is 2.30. The second-order valence-corrected chi connectivity index (χ2v) is 5.22. The van der Waals surface area contributed by atoms with E-state index in [-0.39, 0.29) is 5.69 Å². The molecular formula is C10H7Cl3N2O. The Morgan fingerprint density at radius 1 is 1.56 bits per heavy atom. The molecule has 0 amide bonds. The standard InChI is InChI=1S/C10H7Cl3N2O/c11-10(12,13)9(16)8-5-7(6-15-8)3-1-2-4-14/h1,3,5-6,15H,2H2. The Bertz CT molecular complexity index is 451. The number of carbonyl (C=O) groups excluding carboxylic acids is 1. The van der Waals surface area contributed by atoms with Gasteiger partial charge in [0.25, 0.3) is 3.79 Å². The van der Waals surface area contributed by atoms with E-state index >= 15 is 0 Å². The van der Waals surface area contributed by atoms with Crippen molar-refractivity contribution in [2.45, 2.75) is 10.2 Å². The summed E-state index contributed by atoms with van der Waals surface area (Å²) >= 11 is 16.4. The topological polar surface area (TPSA) is 56.6 Å². The third kappa shape index (κ3) is 3.57. The Balaban J connectivity index is 2.80. The van der Waals surface area contributed by atoms with Gasteiger partial charge in [0, 0.05) is 6.20 Å². The van der Waals surface area contributed by atoms with Crippen molar-refractivity contribution in [1.29, 1.82) is 5.26 Å². The minimum Gasteiger partial charge on any atom is -0.358 e. The third-order valence-corrected chi connectivity index (χ3v) is 2.24. The van der Waals surface area contributed by atoms with Gasteiger partial charge in [0.15, 0.2) is 0 Å². The number of hydrogen-bond acceptors (Lipinski definition) is 2. The summed E-state index contributed by atoms with van der Waals surface area (Å²) in [5, 5.41) is 8.33. The molecule has 0 saturated heterocycles. The van der Waals surface area contributed by atoms with Crippen molar-refractivity contribution >= 4 is 46.7 Å². The Morgan fingerprint density at radius 2 is 2.25 bits per heavy atom. The maximum atomic E-state index is 11.5. The molecule has 0 saturated carbocycles. The second-order valence-electron chi connectivity index (χ2n) is 2.94. The van der Waals surface area contributed by atoms with Crippen LogP contribution in [0.2, 0.25) is 0 Å². The molecule has 16 heavy (non-hydrogen) atoms. The predicted octanol–water partition coefficient (Wildman–Crippen LogP) is 3.49. The summed E-state index contributed by atoms with van der Waals surface area (Å²) in [5.41, 5.74) is 0.962. The first-order valence-electron chi connectivity index (χ1n) is 4.28. The lowest BCUT2D eigenvalue weighted by atomic mass is 10.2. The lowest BCUT2D eigenvalue weighted by Gasteiger charge is -2.06. The largest absolute Gasteiger partial charge is 0.358 e. The van der Waals surface area contributed by atoms with Crippen LogP contribution in [0.25, 0.3) is 6.08 Å². The van der Waals surface area contributed by atoms with Crippen molar-refractivity contribution in [3.05, 3.63) is 29.6 Å². The molecule has 0 aliphatic rings. The summed E-state index contributed by atoms with van der Waals surface area (Å²) in [7, 11) is 0. The summed E-state index contributed by atoms with van der Waals surface area (Å²) in [5.74, 6) is -0.613. The van der Waals surface area contributed by atoms with Crippen LogP contribution < -0.4 is 0 Å². The van der Waals surface area contributed by atoms with Crippen LogP contribution in [0.5, 0.6) is 0 Å². The van der Waals surface area contributed by atoms with Crippen molar-refractivity contribution in [2.24, 2.45) is 0 Å². The fourth-order valence-corrected chi connectivity index (χ4v) is 1.34. The molecule has 1 N–H and O–H groups in total. The molecule has 0 aromatic carbocycles. The first-order chi connectivity index (χ1) is 7.45.